The lowest BCUT2D eigenvalue weighted by molar-refractivity contribution is 0.0505. The van der Waals surface area contributed by atoms with E-state index in [4.69, 9.17) is 4.74 Å². The van der Waals surface area contributed by atoms with Crippen molar-refractivity contribution in [2.24, 2.45) is 0 Å². The first-order valence-corrected chi connectivity index (χ1v) is 12.2. The van der Waals surface area contributed by atoms with Crippen LogP contribution in [0.25, 0.3) is 11.0 Å². The lowest BCUT2D eigenvalue weighted by Gasteiger charge is -2.14. The number of hydrogen-bond donors (Lipinski definition) is 2. The Kier molecular flexibility index (Phi) is 6.74. The third-order valence-electron chi connectivity index (χ3n) is 4.92. The highest BCUT2D eigenvalue weighted by atomic mass is 32.2. The molecule has 2 N–H and O–H groups in total. The van der Waals surface area contributed by atoms with Crippen LogP contribution in [-0.4, -0.2) is 31.0 Å². The molecule has 0 amide bonds. The van der Waals surface area contributed by atoms with Crippen molar-refractivity contribution in [3.05, 3.63) is 83.9 Å². The third-order valence-corrected chi connectivity index (χ3v) is 6.26. The largest absolute Gasteiger partial charge is 0.462 e. The molecule has 0 atom stereocenters. The van der Waals surface area contributed by atoms with Crippen molar-refractivity contribution in [1.82, 2.24) is 9.97 Å². The minimum absolute atomic E-state index is 0.0617. The van der Waals surface area contributed by atoms with E-state index >= 15 is 0 Å². The highest BCUT2D eigenvalue weighted by molar-refractivity contribution is 7.92. The molecule has 1 aromatic heterocycles. The molecular weight excluding hydrogens is 452 g/mol. The van der Waals surface area contributed by atoms with E-state index in [1.165, 1.54) is 6.07 Å². The van der Waals surface area contributed by atoms with Gasteiger partial charge in [0, 0.05) is 5.69 Å². The molecule has 4 rings (SSSR count). The maximum absolute atomic E-state index is 13.0. The molecule has 0 spiro atoms. The number of carbonyl (C=O) groups excluding carboxylic acids is 1. The fourth-order valence-corrected chi connectivity index (χ4v) is 4.34. The first kappa shape index (κ1) is 23.2. The van der Waals surface area contributed by atoms with Crippen molar-refractivity contribution in [2.45, 2.75) is 25.2 Å². The number of hydrogen-bond acceptors (Lipinski definition) is 7. The molecule has 174 valence electrons. The van der Waals surface area contributed by atoms with Gasteiger partial charge < -0.3 is 10.1 Å². The number of carbonyl (C=O) groups is 1. The van der Waals surface area contributed by atoms with E-state index in [1.807, 2.05) is 26.0 Å². The zero-order valence-corrected chi connectivity index (χ0v) is 19.6. The van der Waals surface area contributed by atoms with Gasteiger partial charge >= 0.3 is 5.97 Å². The van der Waals surface area contributed by atoms with Gasteiger partial charge in [-0.1, -0.05) is 31.2 Å². The molecule has 9 heteroatoms. The van der Waals surface area contributed by atoms with Crippen molar-refractivity contribution in [3.63, 3.8) is 0 Å². The Hall–Kier alpha value is -3.98. The van der Waals surface area contributed by atoms with Gasteiger partial charge in [0.15, 0.2) is 11.6 Å². The summed E-state index contributed by atoms with van der Waals surface area (Å²) in [6.45, 7) is 4.11. The van der Waals surface area contributed by atoms with Crippen molar-refractivity contribution >= 4 is 44.3 Å². The molecule has 0 aliphatic heterocycles. The number of esters is 1. The molecule has 0 fully saturated rings. The summed E-state index contributed by atoms with van der Waals surface area (Å²) in [5, 5.41) is 3.11. The zero-order valence-electron chi connectivity index (χ0n) is 18.8. The highest BCUT2D eigenvalue weighted by Crippen LogP contribution is 2.27. The number of nitrogens with one attached hydrogen (secondary N) is 2. The van der Waals surface area contributed by atoms with Gasteiger partial charge in [0.1, 0.15) is 0 Å². The number of ether oxygens (including phenoxy) is 1. The van der Waals surface area contributed by atoms with Gasteiger partial charge in [-0.05, 0) is 67.4 Å². The van der Waals surface area contributed by atoms with Crippen LogP contribution in [0, 0.1) is 6.92 Å². The molecule has 4 aromatic rings. The van der Waals surface area contributed by atoms with Crippen molar-refractivity contribution < 1.29 is 17.9 Å². The zero-order chi connectivity index (χ0) is 24.1. The summed E-state index contributed by atoms with van der Waals surface area (Å²) in [4.78, 5) is 21.2. The van der Waals surface area contributed by atoms with E-state index in [1.54, 1.807) is 54.6 Å². The van der Waals surface area contributed by atoms with Crippen molar-refractivity contribution in [3.8, 4) is 0 Å². The summed E-state index contributed by atoms with van der Waals surface area (Å²) in [7, 11) is -3.90. The molecular formula is C25H24N4O4S. The Morgan fingerprint density at radius 1 is 0.912 bits per heavy atom. The van der Waals surface area contributed by atoms with Crippen LogP contribution in [0.5, 0.6) is 0 Å². The number of fused-ring (bicyclic) bond motifs is 1. The first-order chi connectivity index (χ1) is 16.4. The number of nitrogens with zero attached hydrogens (tertiary/aromatic N) is 2. The quantitative estimate of drug-likeness (QED) is 0.342. The molecule has 34 heavy (non-hydrogen) atoms. The molecule has 0 aliphatic carbocycles. The molecule has 0 aliphatic rings. The summed E-state index contributed by atoms with van der Waals surface area (Å²) in [5.74, 6) is -0.103. The molecule has 0 saturated carbocycles. The van der Waals surface area contributed by atoms with Crippen LogP contribution in [0.4, 0.5) is 17.3 Å². The number of sulfonamides is 1. The van der Waals surface area contributed by atoms with Crippen LogP contribution in [0.15, 0.2) is 77.7 Å². The molecule has 8 nitrogen and oxygen atoms in total. The van der Waals surface area contributed by atoms with Gasteiger partial charge in [-0.3, -0.25) is 4.72 Å². The monoisotopic (exact) mass is 476 g/mol. The fraction of sp³-hybridized carbons (Fsp3) is 0.160. The van der Waals surface area contributed by atoms with Gasteiger partial charge in [0.2, 0.25) is 0 Å². The second kappa shape index (κ2) is 9.88. The minimum Gasteiger partial charge on any atom is -0.462 e. The summed E-state index contributed by atoms with van der Waals surface area (Å²) in [5.41, 5.74) is 2.99. The molecule has 0 saturated heterocycles. The predicted molar refractivity (Wildman–Crippen MR) is 132 cm³/mol. The smallest absolute Gasteiger partial charge is 0.338 e. The average Bonchev–Trinajstić information content (AvgIpc) is 2.83. The van der Waals surface area contributed by atoms with Crippen LogP contribution in [-0.2, 0) is 14.8 Å². The number of para-hydroxylation sites is 2. The Morgan fingerprint density at radius 2 is 1.59 bits per heavy atom. The van der Waals surface area contributed by atoms with E-state index in [9.17, 15) is 13.2 Å². The van der Waals surface area contributed by atoms with Gasteiger partial charge in [-0.2, -0.15) is 0 Å². The number of rotatable bonds is 8. The van der Waals surface area contributed by atoms with Crippen LogP contribution < -0.4 is 10.0 Å². The first-order valence-electron chi connectivity index (χ1n) is 10.8. The maximum Gasteiger partial charge on any atom is 0.338 e. The van der Waals surface area contributed by atoms with Gasteiger partial charge in [-0.15, -0.1) is 0 Å². The molecule has 0 unspecified atom stereocenters. The molecule has 0 radical (unpaired) electrons. The van der Waals surface area contributed by atoms with Crippen LogP contribution in [0.3, 0.4) is 0 Å². The summed E-state index contributed by atoms with van der Waals surface area (Å²) in [6.07, 6.45) is 0.743. The van der Waals surface area contributed by atoms with Crippen LogP contribution >= 0.6 is 0 Å². The Balaban J connectivity index is 1.67. The number of aromatic nitrogens is 2. The van der Waals surface area contributed by atoms with E-state index < -0.39 is 16.0 Å². The lowest BCUT2D eigenvalue weighted by Crippen LogP contribution is -2.16. The maximum atomic E-state index is 13.0. The standard InChI is InChI=1S/C25H24N4O4S/c1-3-15-33-25(30)18-11-13-19(14-12-18)26-23-24(28-22-10-5-4-9-21(22)27-23)29-34(31,32)20-8-6-7-17(2)16-20/h4-14,16H,3,15H2,1-2H3,(H,26,27)(H,28,29). The Labute approximate surface area is 198 Å². The topological polar surface area (TPSA) is 110 Å². The van der Waals surface area contributed by atoms with Crippen LogP contribution in [0.1, 0.15) is 29.3 Å². The summed E-state index contributed by atoms with van der Waals surface area (Å²) in [6, 6.07) is 20.4. The second-order valence-corrected chi connectivity index (χ2v) is 9.35. The van der Waals surface area contributed by atoms with E-state index in [-0.39, 0.29) is 16.5 Å². The third kappa shape index (κ3) is 5.32. The van der Waals surface area contributed by atoms with Crippen molar-refractivity contribution in [2.75, 3.05) is 16.6 Å². The fourth-order valence-electron chi connectivity index (χ4n) is 3.23. The van der Waals surface area contributed by atoms with E-state index in [2.05, 4.69) is 20.0 Å². The lowest BCUT2D eigenvalue weighted by atomic mass is 10.2. The highest BCUT2D eigenvalue weighted by Gasteiger charge is 2.19. The molecule has 3 aromatic carbocycles. The number of aryl methyl sites for hydroxylation is 1. The number of benzene rings is 3. The van der Waals surface area contributed by atoms with Crippen LogP contribution in [0.2, 0.25) is 0 Å². The summed E-state index contributed by atoms with van der Waals surface area (Å²) >= 11 is 0. The second-order valence-electron chi connectivity index (χ2n) is 7.67. The Morgan fingerprint density at radius 3 is 2.24 bits per heavy atom. The molecule has 0 bridgehead atoms. The SMILES string of the molecule is CCCOC(=O)c1ccc(Nc2nc3ccccc3nc2NS(=O)(=O)c2cccc(C)c2)cc1. The van der Waals surface area contributed by atoms with Crippen molar-refractivity contribution in [1.29, 1.82) is 0 Å². The summed E-state index contributed by atoms with van der Waals surface area (Å²) < 4.78 is 33.8. The van der Waals surface area contributed by atoms with Gasteiger partial charge in [0.05, 0.1) is 28.1 Å². The predicted octanol–water partition coefficient (Wildman–Crippen LogP) is 5.05. The van der Waals surface area contributed by atoms with Gasteiger partial charge in [-0.25, -0.2) is 23.2 Å². The Bertz CT molecular complexity index is 1440. The molecule has 1 heterocycles. The number of anilines is 3. The van der Waals surface area contributed by atoms with E-state index in [0.29, 0.717) is 28.9 Å². The van der Waals surface area contributed by atoms with E-state index in [0.717, 1.165) is 12.0 Å². The minimum atomic E-state index is -3.90. The van der Waals surface area contributed by atoms with Gasteiger partial charge in [0.25, 0.3) is 10.0 Å². The average molecular weight is 477 g/mol. The normalized spacial score (nSPS) is 11.2.